The fourth-order valence-corrected chi connectivity index (χ4v) is 2.02. The Hall–Kier alpha value is -2.34. The molecule has 0 saturated carbocycles. The molecule has 116 valence electrons. The lowest BCUT2D eigenvalue weighted by molar-refractivity contribution is 0.0911. The molecule has 22 heavy (non-hydrogen) atoms. The lowest BCUT2D eigenvalue weighted by Crippen LogP contribution is -2.34. The Morgan fingerprint density at radius 1 is 1.27 bits per heavy atom. The number of hydrogen-bond donors (Lipinski definition) is 2. The largest absolute Gasteiger partial charge is 0.388 e. The maximum Gasteiger partial charge on any atom is 0.271 e. The Bertz CT molecular complexity index is 629. The summed E-state index contributed by atoms with van der Waals surface area (Å²) < 4.78 is 12.8. The lowest BCUT2D eigenvalue weighted by Gasteiger charge is -2.18. The molecule has 1 aromatic heterocycles. The minimum Gasteiger partial charge on any atom is -0.388 e. The standard InChI is InChI=1S/C16H18FN3O2/c1-10(7-15(21)12-3-5-13(17)6-4-12)20-16(22)14-9-18-11(2)8-19-14/h3-6,8-10,15,21H,7H2,1-2H3,(H,20,22). The van der Waals surface area contributed by atoms with Crippen LogP contribution in [0.25, 0.3) is 0 Å². The van der Waals surface area contributed by atoms with E-state index in [1.165, 1.54) is 36.7 Å². The molecule has 2 rings (SSSR count). The van der Waals surface area contributed by atoms with Gasteiger partial charge in [-0.05, 0) is 38.0 Å². The van der Waals surface area contributed by atoms with Gasteiger partial charge in [0, 0.05) is 12.2 Å². The van der Waals surface area contributed by atoms with E-state index in [2.05, 4.69) is 15.3 Å². The molecule has 1 amide bonds. The number of hydrogen-bond acceptors (Lipinski definition) is 4. The van der Waals surface area contributed by atoms with E-state index in [1.54, 1.807) is 13.8 Å². The molecule has 2 unspecified atom stereocenters. The van der Waals surface area contributed by atoms with Gasteiger partial charge in [0.25, 0.3) is 5.91 Å². The van der Waals surface area contributed by atoms with Gasteiger partial charge in [-0.3, -0.25) is 9.78 Å². The molecular weight excluding hydrogens is 285 g/mol. The highest BCUT2D eigenvalue weighted by molar-refractivity contribution is 5.92. The van der Waals surface area contributed by atoms with Crippen LogP contribution < -0.4 is 5.32 Å². The summed E-state index contributed by atoms with van der Waals surface area (Å²) in [4.78, 5) is 20.0. The van der Waals surface area contributed by atoms with Crippen LogP contribution in [0.3, 0.4) is 0 Å². The minimum absolute atomic E-state index is 0.230. The molecule has 2 atom stereocenters. The molecule has 1 aromatic carbocycles. The zero-order chi connectivity index (χ0) is 16.1. The normalized spacial score (nSPS) is 13.5. The van der Waals surface area contributed by atoms with Gasteiger partial charge >= 0.3 is 0 Å². The number of aliphatic hydroxyl groups excluding tert-OH is 1. The number of aryl methyl sites for hydroxylation is 1. The summed E-state index contributed by atoms with van der Waals surface area (Å²) in [5, 5.41) is 12.9. The topological polar surface area (TPSA) is 75.1 Å². The first-order valence-electron chi connectivity index (χ1n) is 6.98. The highest BCUT2D eigenvalue weighted by Gasteiger charge is 2.16. The molecule has 0 spiro atoms. The Labute approximate surface area is 128 Å². The Morgan fingerprint density at radius 3 is 2.55 bits per heavy atom. The first kappa shape index (κ1) is 16.0. The zero-order valence-corrected chi connectivity index (χ0v) is 12.5. The van der Waals surface area contributed by atoms with E-state index in [9.17, 15) is 14.3 Å². The molecular formula is C16H18FN3O2. The second-order valence-electron chi connectivity index (χ2n) is 5.22. The summed E-state index contributed by atoms with van der Waals surface area (Å²) in [5.41, 5.74) is 1.57. The zero-order valence-electron chi connectivity index (χ0n) is 12.5. The van der Waals surface area contributed by atoms with Gasteiger partial charge in [0.05, 0.1) is 18.0 Å². The summed E-state index contributed by atoms with van der Waals surface area (Å²) in [7, 11) is 0. The number of aromatic nitrogens is 2. The third-order valence-corrected chi connectivity index (χ3v) is 3.22. The van der Waals surface area contributed by atoms with Crippen molar-refractivity contribution >= 4 is 5.91 Å². The SMILES string of the molecule is Cc1cnc(C(=O)NC(C)CC(O)c2ccc(F)cc2)cn1. The summed E-state index contributed by atoms with van der Waals surface area (Å²) >= 11 is 0. The maximum absolute atomic E-state index is 12.8. The molecule has 2 N–H and O–H groups in total. The average molecular weight is 303 g/mol. The van der Waals surface area contributed by atoms with Crippen molar-refractivity contribution in [1.82, 2.24) is 15.3 Å². The average Bonchev–Trinajstić information content (AvgIpc) is 2.48. The molecule has 1 heterocycles. The van der Waals surface area contributed by atoms with Crippen LogP contribution in [0.5, 0.6) is 0 Å². The highest BCUT2D eigenvalue weighted by atomic mass is 19.1. The van der Waals surface area contributed by atoms with Crippen molar-refractivity contribution in [1.29, 1.82) is 0 Å². The van der Waals surface area contributed by atoms with Gasteiger partial charge in [0.1, 0.15) is 11.5 Å². The van der Waals surface area contributed by atoms with Crippen LogP contribution in [0.15, 0.2) is 36.7 Å². The Balaban J connectivity index is 1.91. The number of halogens is 1. The van der Waals surface area contributed by atoms with Crippen molar-refractivity contribution < 1.29 is 14.3 Å². The monoisotopic (exact) mass is 303 g/mol. The Kier molecular flexibility index (Phi) is 5.16. The molecule has 2 aromatic rings. The van der Waals surface area contributed by atoms with Crippen LogP contribution in [0.2, 0.25) is 0 Å². The number of nitrogens with one attached hydrogen (secondary N) is 1. The van der Waals surface area contributed by atoms with E-state index in [0.717, 1.165) is 5.69 Å². The highest BCUT2D eigenvalue weighted by Crippen LogP contribution is 2.18. The molecule has 0 aliphatic heterocycles. The van der Waals surface area contributed by atoms with Crippen LogP contribution in [-0.4, -0.2) is 27.0 Å². The smallest absolute Gasteiger partial charge is 0.271 e. The molecule has 0 fully saturated rings. The van der Waals surface area contributed by atoms with E-state index in [0.29, 0.717) is 12.0 Å². The molecule has 5 nitrogen and oxygen atoms in total. The second-order valence-corrected chi connectivity index (χ2v) is 5.22. The quantitative estimate of drug-likeness (QED) is 0.887. The summed E-state index contributed by atoms with van der Waals surface area (Å²) in [6.07, 6.45) is 2.47. The van der Waals surface area contributed by atoms with Gasteiger partial charge in [0.15, 0.2) is 0 Å². The fraction of sp³-hybridized carbons (Fsp3) is 0.312. The Morgan fingerprint density at radius 2 is 1.95 bits per heavy atom. The van der Waals surface area contributed by atoms with E-state index in [4.69, 9.17) is 0 Å². The van der Waals surface area contributed by atoms with Crippen molar-refractivity contribution in [2.45, 2.75) is 32.4 Å². The minimum atomic E-state index is -0.778. The van der Waals surface area contributed by atoms with Crippen LogP contribution in [0, 0.1) is 12.7 Å². The van der Waals surface area contributed by atoms with Crippen LogP contribution in [-0.2, 0) is 0 Å². The van der Waals surface area contributed by atoms with Crippen LogP contribution in [0.4, 0.5) is 4.39 Å². The van der Waals surface area contributed by atoms with Gasteiger partial charge in [0.2, 0.25) is 0 Å². The number of rotatable bonds is 5. The van der Waals surface area contributed by atoms with E-state index >= 15 is 0 Å². The summed E-state index contributed by atoms with van der Waals surface area (Å²) in [6.45, 7) is 3.57. The van der Waals surface area contributed by atoms with Gasteiger partial charge < -0.3 is 10.4 Å². The van der Waals surface area contributed by atoms with Crippen molar-refractivity contribution in [3.63, 3.8) is 0 Å². The maximum atomic E-state index is 12.8. The fourth-order valence-electron chi connectivity index (χ4n) is 2.02. The van der Waals surface area contributed by atoms with Crippen molar-refractivity contribution in [3.8, 4) is 0 Å². The van der Waals surface area contributed by atoms with Crippen molar-refractivity contribution in [2.24, 2.45) is 0 Å². The first-order valence-corrected chi connectivity index (χ1v) is 6.98. The van der Waals surface area contributed by atoms with E-state index in [-0.39, 0.29) is 23.5 Å². The lowest BCUT2D eigenvalue weighted by atomic mass is 10.0. The number of amides is 1. The van der Waals surface area contributed by atoms with Crippen molar-refractivity contribution in [2.75, 3.05) is 0 Å². The van der Waals surface area contributed by atoms with Gasteiger partial charge in [-0.1, -0.05) is 12.1 Å². The predicted molar refractivity (Wildman–Crippen MR) is 79.7 cm³/mol. The first-order chi connectivity index (χ1) is 10.5. The van der Waals surface area contributed by atoms with Gasteiger partial charge in [-0.15, -0.1) is 0 Å². The molecule has 0 bridgehead atoms. The third kappa shape index (κ3) is 4.33. The summed E-state index contributed by atoms with van der Waals surface area (Å²) in [5.74, 6) is -0.693. The van der Waals surface area contributed by atoms with Crippen LogP contribution in [0.1, 0.15) is 41.2 Å². The second kappa shape index (κ2) is 7.09. The molecule has 0 aliphatic rings. The molecule has 6 heteroatoms. The van der Waals surface area contributed by atoms with Gasteiger partial charge in [-0.25, -0.2) is 9.37 Å². The predicted octanol–water partition coefficient (Wildman–Crippen LogP) is 2.17. The molecule has 0 aliphatic carbocycles. The number of aliphatic hydroxyl groups is 1. The summed E-state index contributed by atoms with van der Waals surface area (Å²) in [6, 6.07) is 5.38. The number of nitrogens with zero attached hydrogens (tertiary/aromatic N) is 2. The van der Waals surface area contributed by atoms with E-state index in [1.807, 2.05) is 0 Å². The van der Waals surface area contributed by atoms with Gasteiger partial charge in [-0.2, -0.15) is 0 Å². The number of carbonyl (C=O) groups excluding carboxylic acids is 1. The molecule has 0 saturated heterocycles. The third-order valence-electron chi connectivity index (χ3n) is 3.22. The number of benzene rings is 1. The number of carbonyl (C=O) groups is 1. The van der Waals surface area contributed by atoms with E-state index < -0.39 is 6.10 Å². The van der Waals surface area contributed by atoms with Crippen molar-refractivity contribution in [3.05, 3.63) is 59.4 Å². The van der Waals surface area contributed by atoms with Crippen LogP contribution >= 0.6 is 0 Å². The molecule has 0 radical (unpaired) electrons.